The van der Waals surface area contributed by atoms with Crippen molar-refractivity contribution in [3.05, 3.63) is 107 Å². The number of ether oxygens (including phenoxy) is 4. The summed E-state index contributed by atoms with van der Waals surface area (Å²) in [7, 11) is 1.88. The van der Waals surface area contributed by atoms with Gasteiger partial charge in [0.15, 0.2) is 0 Å². The second-order valence-electron chi connectivity index (χ2n) is 13.4. The maximum Gasteiger partial charge on any atom is 0.259 e. The van der Waals surface area contributed by atoms with E-state index in [-0.39, 0.29) is 37.0 Å². The number of hydrogen-bond donors (Lipinski definition) is 0. The van der Waals surface area contributed by atoms with Gasteiger partial charge < -0.3 is 28.0 Å². The Hall–Kier alpha value is -3.28. The summed E-state index contributed by atoms with van der Waals surface area (Å²) in [4.78, 5) is 0. The Kier molecular flexibility index (Phi) is 13.9. The highest BCUT2D eigenvalue weighted by Crippen LogP contribution is 2.50. The molecule has 3 aromatic carbocycles. The quantitative estimate of drug-likeness (QED) is 0.0597. The van der Waals surface area contributed by atoms with E-state index in [4.69, 9.17) is 28.0 Å². The van der Waals surface area contributed by atoms with Gasteiger partial charge in [-0.1, -0.05) is 60.7 Å². The Bertz CT molecular complexity index is 1480. The number of rotatable bonds is 17. The largest absolute Gasteiger partial charge is 0.497 e. The van der Waals surface area contributed by atoms with Gasteiger partial charge in [-0.25, -0.2) is 4.67 Å². The van der Waals surface area contributed by atoms with Crippen molar-refractivity contribution in [1.82, 2.24) is 4.67 Å². The van der Waals surface area contributed by atoms with Crippen molar-refractivity contribution in [3.63, 3.8) is 0 Å². The van der Waals surface area contributed by atoms with Gasteiger partial charge in [0, 0.05) is 18.5 Å². The summed E-state index contributed by atoms with van der Waals surface area (Å²) in [5, 5.41) is 9.29. The molecule has 4 atom stereocenters. The topological polar surface area (TPSA) is 82.4 Å². The van der Waals surface area contributed by atoms with Crippen molar-refractivity contribution >= 4 is 8.53 Å². The van der Waals surface area contributed by atoms with Crippen molar-refractivity contribution in [2.24, 2.45) is 0 Å². The maximum atomic E-state index is 9.29. The minimum Gasteiger partial charge on any atom is -0.497 e. The van der Waals surface area contributed by atoms with Gasteiger partial charge in [0.1, 0.15) is 23.2 Å². The molecule has 1 saturated heterocycles. The van der Waals surface area contributed by atoms with Crippen LogP contribution in [0.15, 0.2) is 90.5 Å². The van der Waals surface area contributed by atoms with Crippen LogP contribution in [0.5, 0.6) is 11.5 Å². The zero-order valence-electron chi connectivity index (χ0n) is 30.4. The van der Waals surface area contributed by atoms with E-state index in [1.807, 2.05) is 42.5 Å². The van der Waals surface area contributed by atoms with Crippen LogP contribution in [0, 0.1) is 11.3 Å². The molecule has 8 nitrogen and oxygen atoms in total. The van der Waals surface area contributed by atoms with Gasteiger partial charge in [-0.15, -0.1) is 0 Å². The molecule has 0 amide bonds. The van der Waals surface area contributed by atoms with Crippen LogP contribution in [-0.2, 0) is 24.1 Å². The van der Waals surface area contributed by atoms with Crippen LogP contribution in [0.25, 0.3) is 0 Å². The third-order valence-electron chi connectivity index (χ3n) is 9.47. The number of methoxy groups -OCH3 is 2. The van der Waals surface area contributed by atoms with Crippen molar-refractivity contribution < 1.29 is 28.0 Å². The molecule has 1 heterocycles. The predicted molar refractivity (Wildman–Crippen MR) is 198 cm³/mol. The molecule has 0 aromatic heterocycles. The average molecular weight is 701 g/mol. The van der Waals surface area contributed by atoms with Gasteiger partial charge in [-0.3, -0.25) is 0 Å². The fourth-order valence-electron chi connectivity index (χ4n) is 7.06. The van der Waals surface area contributed by atoms with E-state index in [0.29, 0.717) is 19.4 Å². The molecule has 1 aliphatic carbocycles. The summed E-state index contributed by atoms with van der Waals surface area (Å²) in [6.45, 7) is 9.22. The fraction of sp³-hybridized carbons (Fsp3) is 0.488. The molecular formula is C41H53N2O6P. The lowest BCUT2D eigenvalue weighted by atomic mass is 9.80. The zero-order chi connectivity index (χ0) is 35.5. The summed E-state index contributed by atoms with van der Waals surface area (Å²) in [5.41, 5.74) is 3.29. The van der Waals surface area contributed by atoms with E-state index in [2.05, 4.69) is 80.9 Å². The lowest BCUT2D eigenvalue weighted by Crippen LogP contribution is -2.39. The molecule has 268 valence electrons. The molecule has 1 unspecified atom stereocenters. The van der Waals surface area contributed by atoms with E-state index < -0.39 is 14.1 Å². The molecule has 0 spiro atoms. The van der Waals surface area contributed by atoms with Crippen LogP contribution in [0.3, 0.4) is 0 Å². The lowest BCUT2D eigenvalue weighted by Gasteiger charge is -2.39. The molecule has 50 heavy (non-hydrogen) atoms. The predicted octanol–water partition coefficient (Wildman–Crippen LogP) is 9.33. The van der Waals surface area contributed by atoms with Crippen LogP contribution in [0.2, 0.25) is 0 Å². The van der Waals surface area contributed by atoms with Gasteiger partial charge in [-0.05, 0) is 99.9 Å². The number of nitrogens with zero attached hydrogens (tertiary/aromatic N) is 2. The van der Waals surface area contributed by atoms with Gasteiger partial charge in [0.05, 0.1) is 52.1 Å². The Morgan fingerprint density at radius 1 is 0.860 bits per heavy atom. The Morgan fingerprint density at radius 3 is 1.98 bits per heavy atom. The highest BCUT2D eigenvalue weighted by atomic mass is 31.2. The first-order valence-corrected chi connectivity index (χ1v) is 19.0. The molecule has 1 aliphatic heterocycles. The average Bonchev–Trinajstić information content (AvgIpc) is 3.55. The monoisotopic (exact) mass is 700 g/mol. The smallest absolute Gasteiger partial charge is 0.259 e. The summed E-state index contributed by atoms with van der Waals surface area (Å²) < 4.78 is 41.0. The number of allylic oxidation sites excluding steroid dienone is 1. The highest BCUT2D eigenvalue weighted by Gasteiger charge is 2.45. The van der Waals surface area contributed by atoms with Gasteiger partial charge >= 0.3 is 0 Å². The van der Waals surface area contributed by atoms with E-state index in [1.165, 1.54) is 18.4 Å². The van der Waals surface area contributed by atoms with Crippen molar-refractivity contribution in [2.45, 2.75) is 102 Å². The van der Waals surface area contributed by atoms with Crippen molar-refractivity contribution in [1.29, 1.82) is 5.26 Å². The zero-order valence-corrected chi connectivity index (χ0v) is 31.3. The van der Waals surface area contributed by atoms with Crippen LogP contribution in [-0.4, -0.2) is 62.5 Å². The second kappa shape index (κ2) is 18.3. The Labute approximate surface area is 300 Å². The highest BCUT2D eigenvalue weighted by molar-refractivity contribution is 7.44. The molecule has 2 aliphatic rings. The summed E-state index contributed by atoms with van der Waals surface area (Å²) >= 11 is 0. The normalized spacial score (nSPS) is 20.2. The van der Waals surface area contributed by atoms with E-state index >= 15 is 0 Å². The van der Waals surface area contributed by atoms with Crippen LogP contribution >= 0.6 is 8.53 Å². The molecule has 0 bridgehead atoms. The number of nitriles is 1. The first kappa shape index (κ1) is 38.0. The third kappa shape index (κ3) is 8.95. The van der Waals surface area contributed by atoms with Gasteiger partial charge in [-0.2, -0.15) is 5.26 Å². The molecule has 3 aromatic rings. The van der Waals surface area contributed by atoms with Crippen molar-refractivity contribution in [3.8, 4) is 17.6 Å². The van der Waals surface area contributed by atoms with Crippen LogP contribution in [0.1, 0.15) is 82.9 Å². The van der Waals surface area contributed by atoms with Crippen LogP contribution < -0.4 is 9.47 Å². The molecule has 9 heteroatoms. The van der Waals surface area contributed by atoms with E-state index in [0.717, 1.165) is 41.0 Å². The standard InChI is InChI=1S/C41H53N2O6P/c1-30(2)43(31(3)4)50(47-27-13-26-42)49-39-28-38(32-14-9-7-10-15-32)48-40(39)29-46-41(33-16-11-8-12-17-33,34-18-22-36(44-5)23-19-34)35-20-24-37(45-6)25-21-35/h8,11-12,14,16-25,30-31,38-40H,7,9-10,13,15,27-29H2,1-6H3/t38-,39-,40+,50?/m0/s1. The fourth-order valence-corrected chi connectivity index (χ4v) is 8.82. The summed E-state index contributed by atoms with van der Waals surface area (Å²) in [5.74, 6) is 1.54. The number of benzene rings is 3. The maximum absolute atomic E-state index is 9.29. The summed E-state index contributed by atoms with van der Waals surface area (Å²) in [6, 6.07) is 29.1. The molecular weight excluding hydrogens is 647 g/mol. The van der Waals surface area contributed by atoms with Gasteiger partial charge in [0.2, 0.25) is 0 Å². The first-order valence-electron chi connectivity index (χ1n) is 17.9. The number of hydrogen-bond acceptors (Lipinski definition) is 8. The summed E-state index contributed by atoms with van der Waals surface area (Å²) in [6.07, 6.45) is 7.17. The minimum atomic E-state index is -1.47. The van der Waals surface area contributed by atoms with Gasteiger partial charge in [0.25, 0.3) is 8.53 Å². The molecule has 0 N–H and O–H groups in total. The minimum absolute atomic E-state index is 0.0514. The molecule has 1 fully saturated rings. The Balaban J connectivity index is 1.55. The lowest BCUT2D eigenvalue weighted by molar-refractivity contribution is -0.0761. The van der Waals surface area contributed by atoms with E-state index in [1.54, 1.807) is 14.2 Å². The van der Waals surface area contributed by atoms with E-state index in [9.17, 15) is 5.26 Å². The SMILES string of the molecule is COc1ccc(C(OC[C@H]2O[C@H](C3=CCCCC3)C[C@@H]2OP(OCCC#N)N(C(C)C)C(C)C)(c2ccccc2)c2ccc(OC)cc2)cc1. The van der Waals surface area contributed by atoms with Crippen LogP contribution in [0.4, 0.5) is 0 Å². The van der Waals surface area contributed by atoms with Crippen molar-refractivity contribution in [2.75, 3.05) is 27.4 Å². The molecule has 0 radical (unpaired) electrons. The Morgan fingerprint density at radius 2 is 1.46 bits per heavy atom. The third-order valence-corrected chi connectivity index (χ3v) is 11.6. The molecule has 0 saturated carbocycles. The first-order chi connectivity index (χ1) is 24.3. The second-order valence-corrected chi connectivity index (χ2v) is 14.8. The molecule has 5 rings (SSSR count).